The first-order chi connectivity index (χ1) is 6.54. The zero-order valence-corrected chi connectivity index (χ0v) is 9.39. The minimum absolute atomic E-state index is 0.115. The summed E-state index contributed by atoms with van der Waals surface area (Å²) in [6.07, 6.45) is 0. The molecule has 0 aliphatic rings. The standard InChI is InChI=1S/C10H10Cl2O2/c1-6(13)10(12)7-3-8(11)5-9(4-7)14-2/h3-5,10H,1-2H3. The van der Waals surface area contributed by atoms with E-state index >= 15 is 0 Å². The number of rotatable bonds is 3. The largest absolute Gasteiger partial charge is 0.497 e. The number of carbonyl (C=O) groups is 1. The molecule has 1 aromatic rings. The Bertz CT molecular complexity index is 350. The van der Waals surface area contributed by atoms with Crippen LogP contribution in [0.4, 0.5) is 0 Å². The number of hydrogen-bond donors (Lipinski definition) is 0. The fraction of sp³-hybridized carbons (Fsp3) is 0.300. The van der Waals surface area contributed by atoms with E-state index < -0.39 is 5.38 Å². The maximum Gasteiger partial charge on any atom is 0.152 e. The molecule has 0 spiro atoms. The minimum Gasteiger partial charge on any atom is -0.497 e. The molecule has 1 unspecified atom stereocenters. The maximum absolute atomic E-state index is 11.0. The lowest BCUT2D eigenvalue weighted by atomic mass is 10.1. The number of hydrogen-bond acceptors (Lipinski definition) is 2. The van der Waals surface area contributed by atoms with Crippen LogP contribution in [0.3, 0.4) is 0 Å². The van der Waals surface area contributed by atoms with Gasteiger partial charge in [0.15, 0.2) is 5.78 Å². The Labute approximate surface area is 92.8 Å². The van der Waals surface area contributed by atoms with Crippen molar-refractivity contribution in [3.63, 3.8) is 0 Å². The summed E-state index contributed by atoms with van der Waals surface area (Å²) in [5.74, 6) is 0.482. The Balaban J connectivity index is 3.08. The molecule has 0 radical (unpaired) electrons. The number of halogens is 2. The van der Waals surface area contributed by atoms with Crippen LogP contribution in [0, 0.1) is 0 Å². The Morgan fingerprint density at radius 3 is 2.57 bits per heavy atom. The van der Waals surface area contributed by atoms with E-state index in [2.05, 4.69) is 0 Å². The molecule has 14 heavy (non-hydrogen) atoms. The van der Waals surface area contributed by atoms with Crippen molar-refractivity contribution >= 4 is 29.0 Å². The predicted molar refractivity (Wildman–Crippen MR) is 57.3 cm³/mol. The van der Waals surface area contributed by atoms with E-state index in [9.17, 15) is 4.79 Å². The van der Waals surface area contributed by atoms with Gasteiger partial charge in [0.1, 0.15) is 11.1 Å². The van der Waals surface area contributed by atoms with Gasteiger partial charge in [0.25, 0.3) is 0 Å². The SMILES string of the molecule is COc1cc(Cl)cc(C(Cl)C(C)=O)c1. The molecule has 0 saturated carbocycles. The second-order valence-corrected chi connectivity index (χ2v) is 3.77. The molecule has 0 fully saturated rings. The van der Waals surface area contributed by atoms with E-state index in [0.717, 1.165) is 0 Å². The van der Waals surface area contributed by atoms with Crippen LogP contribution in [0.1, 0.15) is 17.9 Å². The molecule has 0 bridgehead atoms. The Kier molecular flexibility index (Phi) is 3.78. The molecule has 0 aliphatic heterocycles. The molecule has 0 aliphatic carbocycles. The van der Waals surface area contributed by atoms with E-state index in [1.54, 1.807) is 18.2 Å². The topological polar surface area (TPSA) is 26.3 Å². The number of ether oxygens (including phenoxy) is 1. The first-order valence-electron chi connectivity index (χ1n) is 4.03. The van der Waals surface area contributed by atoms with Gasteiger partial charge in [0, 0.05) is 5.02 Å². The first-order valence-corrected chi connectivity index (χ1v) is 4.85. The third kappa shape index (κ3) is 2.63. The highest BCUT2D eigenvalue weighted by Crippen LogP contribution is 2.28. The van der Waals surface area contributed by atoms with Crippen molar-refractivity contribution in [2.75, 3.05) is 7.11 Å². The normalized spacial score (nSPS) is 12.3. The van der Waals surface area contributed by atoms with Crippen LogP contribution in [0.2, 0.25) is 5.02 Å². The molecule has 0 amide bonds. The van der Waals surface area contributed by atoms with Gasteiger partial charge in [-0.15, -0.1) is 11.6 Å². The summed E-state index contributed by atoms with van der Waals surface area (Å²) in [6, 6.07) is 5.02. The van der Waals surface area contributed by atoms with Crippen LogP contribution in [0.5, 0.6) is 5.75 Å². The van der Waals surface area contributed by atoms with Crippen LogP contribution < -0.4 is 4.74 Å². The number of benzene rings is 1. The van der Waals surface area contributed by atoms with Gasteiger partial charge < -0.3 is 4.74 Å². The third-order valence-electron chi connectivity index (χ3n) is 1.78. The van der Waals surface area contributed by atoms with Crippen LogP contribution in [0.15, 0.2) is 18.2 Å². The van der Waals surface area contributed by atoms with Gasteiger partial charge in [-0.25, -0.2) is 0 Å². The zero-order valence-electron chi connectivity index (χ0n) is 7.88. The fourth-order valence-corrected chi connectivity index (χ4v) is 1.44. The summed E-state index contributed by atoms with van der Waals surface area (Å²) >= 11 is 11.7. The summed E-state index contributed by atoms with van der Waals surface area (Å²) in [7, 11) is 1.53. The molecule has 1 rings (SSSR count). The minimum atomic E-state index is -0.664. The Morgan fingerprint density at radius 1 is 1.43 bits per heavy atom. The average Bonchev–Trinajstić information content (AvgIpc) is 2.15. The van der Waals surface area contributed by atoms with Crippen molar-refractivity contribution < 1.29 is 9.53 Å². The Hall–Kier alpha value is -0.730. The zero-order chi connectivity index (χ0) is 10.7. The van der Waals surface area contributed by atoms with Crippen LogP contribution in [-0.4, -0.2) is 12.9 Å². The highest BCUT2D eigenvalue weighted by Gasteiger charge is 2.14. The van der Waals surface area contributed by atoms with Crippen molar-refractivity contribution in [1.29, 1.82) is 0 Å². The van der Waals surface area contributed by atoms with Crippen molar-refractivity contribution in [3.05, 3.63) is 28.8 Å². The Morgan fingerprint density at radius 2 is 2.07 bits per heavy atom. The lowest BCUT2D eigenvalue weighted by Crippen LogP contribution is -2.01. The van der Waals surface area contributed by atoms with Gasteiger partial charge in [-0.3, -0.25) is 4.79 Å². The molecule has 0 heterocycles. The molecule has 1 aromatic carbocycles. The van der Waals surface area contributed by atoms with E-state index in [1.165, 1.54) is 14.0 Å². The average molecular weight is 233 g/mol. The summed E-state index contributed by atoms with van der Waals surface area (Å²) in [4.78, 5) is 11.0. The molecule has 1 atom stereocenters. The fourth-order valence-electron chi connectivity index (χ4n) is 1.08. The van der Waals surface area contributed by atoms with Gasteiger partial charge in [0.2, 0.25) is 0 Å². The van der Waals surface area contributed by atoms with Crippen molar-refractivity contribution in [1.82, 2.24) is 0 Å². The van der Waals surface area contributed by atoms with Crippen LogP contribution >= 0.6 is 23.2 Å². The molecule has 4 heteroatoms. The quantitative estimate of drug-likeness (QED) is 0.749. The van der Waals surface area contributed by atoms with E-state index in [0.29, 0.717) is 16.3 Å². The molecule has 0 N–H and O–H groups in total. The molecule has 0 aromatic heterocycles. The lowest BCUT2D eigenvalue weighted by Gasteiger charge is -2.08. The highest BCUT2D eigenvalue weighted by atomic mass is 35.5. The molecule has 0 saturated heterocycles. The summed E-state index contributed by atoms with van der Waals surface area (Å²) < 4.78 is 5.01. The first kappa shape index (κ1) is 11.3. The summed E-state index contributed by atoms with van der Waals surface area (Å²) in [5.41, 5.74) is 0.656. The second-order valence-electron chi connectivity index (χ2n) is 2.90. The monoisotopic (exact) mass is 232 g/mol. The number of ketones is 1. The molecular weight excluding hydrogens is 223 g/mol. The van der Waals surface area contributed by atoms with Gasteiger partial charge in [0.05, 0.1) is 7.11 Å². The third-order valence-corrected chi connectivity index (χ3v) is 2.56. The number of Topliss-reactive ketones (excluding diaryl/α,β-unsaturated/α-hetero) is 1. The second kappa shape index (κ2) is 4.67. The molecule has 2 nitrogen and oxygen atoms in total. The summed E-state index contributed by atoms with van der Waals surface area (Å²) in [5, 5.41) is -0.158. The number of carbonyl (C=O) groups excluding carboxylic acids is 1. The highest BCUT2D eigenvalue weighted by molar-refractivity contribution is 6.32. The maximum atomic E-state index is 11.0. The van der Waals surface area contributed by atoms with Gasteiger partial charge >= 0.3 is 0 Å². The molecule has 76 valence electrons. The summed E-state index contributed by atoms with van der Waals surface area (Å²) in [6.45, 7) is 1.44. The molecular formula is C10H10Cl2O2. The van der Waals surface area contributed by atoms with Crippen LogP contribution in [-0.2, 0) is 4.79 Å². The smallest absolute Gasteiger partial charge is 0.152 e. The van der Waals surface area contributed by atoms with Crippen LogP contribution in [0.25, 0.3) is 0 Å². The lowest BCUT2D eigenvalue weighted by molar-refractivity contribution is -0.116. The van der Waals surface area contributed by atoms with Gasteiger partial charge in [-0.05, 0) is 30.7 Å². The van der Waals surface area contributed by atoms with Crippen molar-refractivity contribution in [3.8, 4) is 5.75 Å². The van der Waals surface area contributed by atoms with Gasteiger partial charge in [-0.2, -0.15) is 0 Å². The number of alkyl halides is 1. The predicted octanol–water partition coefficient (Wildman–Crippen LogP) is 3.22. The van der Waals surface area contributed by atoms with Crippen molar-refractivity contribution in [2.45, 2.75) is 12.3 Å². The van der Waals surface area contributed by atoms with E-state index in [-0.39, 0.29) is 5.78 Å². The van der Waals surface area contributed by atoms with Crippen molar-refractivity contribution in [2.24, 2.45) is 0 Å². The number of methoxy groups -OCH3 is 1. The van der Waals surface area contributed by atoms with E-state index in [4.69, 9.17) is 27.9 Å². The van der Waals surface area contributed by atoms with E-state index in [1.807, 2.05) is 0 Å². The van der Waals surface area contributed by atoms with Gasteiger partial charge in [-0.1, -0.05) is 11.6 Å².